The second-order valence-electron chi connectivity index (χ2n) is 13.3. The van der Waals surface area contributed by atoms with Gasteiger partial charge >= 0.3 is 5.97 Å². The van der Waals surface area contributed by atoms with Crippen LogP contribution in [0.1, 0.15) is 114 Å². The van der Waals surface area contributed by atoms with Crippen LogP contribution in [0, 0.1) is 16.7 Å². The topological polar surface area (TPSA) is 70.0 Å². The summed E-state index contributed by atoms with van der Waals surface area (Å²) in [6.07, 6.45) is 10.5. The zero-order chi connectivity index (χ0) is 29.1. The lowest BCUT2D eigenvalue weighted by Crippen LogP contribution is -2.52. The van der Waals surface area contributed by atoms with Gasteiger partial charge in [0, 0.05) is 0 Å². The molecule has 1 aliphatic heterocycles. The van der Waals surface area contributed by atoms with Gasteiger partial charge in [0.15, 0.2) is 0 Å². The molecule has 0 radical (unpaired) electrons. The number of aliphatic imine (C=N–C) groups is 1. The van der Waals surface area contributed by atoms with Crippen molar-refractivity contribution in [1.82, 2.24) is 4.90 Å². The van der Waals surface area contributed by atoms with Crippen molar-refractivity contribution in [2.24, 2.45) is 21.7 Å². The highest BCUT2D eigenvalue weighted by molar-refractivity contribution is 6.45. The summed E-state index contributed by atoms with van der Waals surface area (Å²) in [5.41, 5.74) is 2.55. The summed E-state index contributed by atoms with van der Waals surface area (Å²) in [5, 5.41) is 9.49. The predicted molar refractivity (Wildman–Crippen MR) is 163 cm³/mol. The Labute approximate surface area is 240 Å². The minimum atomic E-state index is -0.944. The third-order valence-corrected chi connectivity index (χ3v) is 9.45. The number of carboxylic acid groups (broad SMARTS) is 1. The van der Waals surface area contributed by atoms with Crippen molar-refractivity contribution in [1.29, 1.82) is 0 Å². The first-order valence-corrected chi connectivity index (χ1v) is 14.9. The highest BCUT2D eigenvalue weighted by Crippen LogP contribution is 2.53. The molecule has 1 heterocycles. The van der Waals surface area contributed by atoms with E-state index in [2.05, 4.69) is 46.4 Å². The van der Waals surface area contributed by atoms with Crippen LogP contribution in [-0.2, 0) is 4.79 Å². The number of carbonyl (C=O) groups excluding carboxylic acids is 1. The summed E-state index contributed by atoms with van der Waals surface area (Å²) in [6, 6.07) is 16.9. The van der Waals surface area contributed by atoms with Crippen molar-refractivity contribution >= 4 is 23.7 Å². The van der Waals surface area contributed by atoms with Crippen LogP contribution in [0.15, 0.2) is 65.7 Å². The Morgan fingerprint density at radius 2 is 1.62 bits per heavy atom. The van der Waals surface area contributed by atoms with Crippen LogP contribution in [0.4, 0.5) is 0 Å². The molecular formula is C35H46N2O3. The van der Waals surface area contributed by atoms with Gasteiger partial charge in [-0.05, 0) is 84.6 Å². The Morgan fingerprint density at radius 3 is 2.15 bits per heavy atom. The van der Waals surface area contributed by atoms with Crippen LogP contribution in [0.5, 0.6) is 0 Å². The summed E-state index contributed by atoms with van der Waals surface area (Å²) in [6.45, 7) is 13.6. The van der Waals surface area contributed by atoms with Gasteiger partial charge in [-0.2, -0.15) is 0 Å². The fraction of sp³-hybridized carbons (Fsp3) is 0.514. The van der Waals surface area contributed by atoms with Crippen molar-refractivity contribution in [2.45, 2.75) is 98.2 Å². The lowest BCUT2D eigenvalue weighted by atomic mass is 9.62. The Morgan fingerprint density at radius 1 is 1.00 bits per heavy atom. The van der Waals surface area contributed by atoms with Crippen molar-refractivity contribution in [2.75, 3.05) is 0 Å². The molecule has 4 rings (SSSR count). The van der Waals surface area contributed by atoms with Crippen LogP contribution in [0.3, 0.4) is 0 Å². The molecule has 214 valence electrons. The molecule has 1 spiro atoms. The highest BCUT2D eigenvalue weighted by atomic mass is 16.4. The van der Waals surface area contributed by atoms with E-state index in [1.54, 1.807) is 12.1 Å². The first-order chi connectivity index (χ1) is 18.9. The summed E-state index contributed by atoms with van der Waals surface area (Å²) in [4.78, 5) is 33.3. The zero-order valence-electron chi connectivity index (χ0n) is 25.1. The van der Waals surface area contributed by atoms with Crippen molar-refractivity contribution in [3.8, 4) is 0 Å². The molecule has 40 heavy (non-hydrogen) atoms. The molecule has 5 heteroatoms. The molecule has 0 bridgehead atoms. The molecule has 1 atom stereocenters. The zero-order valence-corrected chi connectivity index (χ0v) is 25.1. The quantitative estimate of drug-likeness (QED) is 0.345. The average molecular weight is 543 g/mol. The summed E-state index contributed by atoms with van der Waals surface area (Å²) in [7, 11) is 0. The Hall–Kier alpha value is -3.21. The summed E-state index contributed by atoms with van der Waals surface area (Å²) < 4.78 is 0. The first kappa shape index (κ1) is 29.8. The molecule has 1 aliphatic carbocycles. The Bertz CT molecular complexity index is 1240. The fourth-order valence-electron chi connectivity index (χ4n) is 6.62. The number of nitrogens with zero attached hydrogens (tertiary/aromatic N) is 2. The van der Waals surface area contributed by atoms with Crippen LogP contribution in [0.2, 0.25) is 0 Å². The van der Waals surface area contributed by atoms with Gasteiger partial charge in [0.05, 0.1) is 11.6 Å². The predicted octanol–water partition coefficient (Wildman–Crippen LogP) is 8.57. The van der Waals surface area contributed by atoms with Gasteiger partial charge in [-0.25, -0.2) is 4.79 Å². The number of carboxylic acids is 1. The maximum atomic E-state index is 14.3. The molecule has 2 aromatic carbocycles. The average Bonchev–Trinajstić information content (AvgIpc) is 3.19. The van der Waals surface area contributed by atoms with Crippen LogP contribution in [0.25, 0.3) is 6.08 Å². The fourth-order valence-corrected chi connectivity index (χ4v) is 6.62. The van der Waals surface area contributed by atoms with E-state index in [1.165, 1.54) is 0 Å². The van der Waals surface area contributed by atoms with E-state index in [0.29, 0.717) is 11.6 Å². The van der Waals surface area contributed by atoms with E-state index in [1.807, 2.05) is 54.6 Å². The van der Waals surface area contributed by atoms with Crippen molar-refractivity contribution in [3.05, 3.63) is 77.4 Å². The number of hydrogen-bond acceptors (Lipinski definition) is 3. The lowest BCUT2D eigenvalue weighted by molar-refractivity contribution is -0.135. The van der Waals surface area contributed by atoms with Gasteiger partial charge in [-0.1, -0.05) is 96.5 Å². The second kappa shape index (κ2) is 11.7. The standard InChI is InChI=1S/C35H46N2O3/c1-7-34(25(2)3)21-23-35(24-22-34)36-29(18-13-26-11-9-8-10-12-26)31(38)37(35)30(19-20-33(4,5)6)27-14-16-28(17-15-27)32(39)40/h8-18,25,30H,7,19-24H2,1-6H3,(H,39,40)/b18-13+/t30-,34?,35?/m1/s1. The van der Waals surface area contributed by atoms with E-state index < -0.39 is 11.6 Å². The molecule has 5 nitrogen and oxygen atoms in total. The van der Waals surface area contributed by atoms with Gasteiger partial charge in [0.25, 0.3) is 5.91 Å². The maximum absolute atomic E-state index is 14.3. The van der Waals surface area contributed by atoms with E-state index in [9.17, 15) is 14.7 Å². The van der Waals surface area contributed by atoms with Gasteiger partial charge < -0.3 is 10.0 Å². The van der Waals surface area contributed by atoms with E-state index in [0.717, 1.165) is 56.1 Å². The maximum Gasteiger partial charge on any atom is 0.335 e. The van der Waals surface area contributed by atoms with E-state index in [4.69, 9.17) is 4.99 Å². The number of amides is 1. The molecular weight excluding hydrogens is 496 g/mol. The minimum Gasteiger partial charge on any atom is -0.478 e. The number of carbonyl (C=O) groups is 2. The molecule has 1 amide bonds. The number of hydrogen-bond donors (Lipinski definition) is 1. The molecule has 2 aliphatic rings. The molecule has 1 fully saturated rings. The third-order valence-electron chi connectivity index (χ3n) is 9.45. The SMILES string of the molecule is CCC1(C(C)C)CCC2(CC1)N=C(/C=C/c1ccccc1)C(=O)N2[C@H](CCC(C)(C)C)c1ccc(C(=O)O)cc1. The molecule has 1 saturated carbocycles. The molecule has 2 aromatic rings. The van der Waals surface area contributed by atoms with Crippen LogP contribution >= 0.6 is 0 Å². The van der Waals surface area contributed by atoms with Crippen molar-refractivity contribution < 1.29 is 14.7 Å². The van der Waals surface area contributed by atoms with Gasteiger partial charge in [0.2, 0.25) is 0 Å². The normalized spacial score (nSPS) is 24.2. The van der Waals surface area contributed by atoms with Gasteiger partial charge in [-0.15, -0.1) is 0 Å². The lowest BCUT2D eigenvalue weighted by Gasteiger charge is -2.50. The Kier molecular flexibility index (Phi) is 8.72. The first-order valence-electron chi connectivity index (χ1n) is 14.9. The highest BCUT2D eigenvalue weighted by Gasteiger charge is 2.53. The van der Waals surface area contributed by atoms with Gasteiger partial charge in [-0.3, -0.25) is 9.79 Å². The van der Waals surface area contributed by atoms with Crippen molar-refractivity contribution in [3.63, 3.8) is 0 Å². The largest absolute Gasteiger partial charge is 0.478 e. The Balaban J connectivity index is 1.77. The summed E-state index contributed by atoms with van der Waals surface area (Å²) in [5.74, 6) is -0.399. The monoisotopic (exact) mass is 542 g/mol. The molecule has 0 unspecified atom stereocenters. The van der Waals surface area contributed by atoms with Crippen LogP contribution in [-0.4, -0.2) is 33.3 Å². The molecule has 0 saturated heterocycles. The summed E-state index contributed by atoms with van der Waals surface area (Å²) >= 11 is 0. The molecule has 0 aromatic heterocycles. The van der Waals surface area contributed by atoms with E-state index in [-0.39, 0.29) is 28.3 Å². The van der Waals surface area contributed by atoms with E-state index >= 15 is 0 Å². The smallest absolute Gasteiger partial charge is 0.335 e. The number of rotatable bonds is 9. The number of aromatic carboxylic acids is 1. The third kappa shape index (κ3) is 6.24. The van der Waals surface area contributed by atoms with Crippen LogP contribution < -0.4 is 0 Å². The van der Waals surface area contributed by atoms with Gasteiger partial charge in [0.1, 0.15) is 11.4 Å². The second-order valence-corrected chi connectivity index (χ2v) is 13.3. The minimum absolute atomic E-state index is 0.0260. The number of benzene rings is 2. The molecule has 1 N–H and O–H groups in total.